The molecule has 4 heteroatoms. The third kappa shape index (κ3) is 2.02. The molecule has 0 radical (unpaired) electrons. The highest BCUT2D eigenvalue weighted by atomic mass is 32.1. The summed E-state index contributed by atoms with van der Waals surface area (Å²) in [6.07, 6.45) is 0. The molecule has 1 aromatic carbocycles. The molecule has 0 aliphatic carbocycles. The van der Waals surface area contributed by atoms with Gasteiger partial charge in [-0.2, -0.15) is 0 Å². The number of para-hydroxylation sites is 1. The first-order valence-electron chi connectivity index (χ1n) is 4.29. The first kappa shape index (κ1) is 10.9. The number of methoxy groups -OCH3 is 2. The summed E-state index contributed by atoms with van der Waals surface area (Å²) in [5.41, 5.74) is 0.893. The van der Waals surface area contributed by atoms with Crippen molar-refractivity contribution in [2.24, 2.45) is 0 Å². The molecule has 0 saturated carbocycles. The van der Waals surface area contributed by atoms with Gasteiger partial charge < -0.3 is 14.8 Å². The highest BCUT2D eigenvalue weighted by molar-refractivity contribution is 7.80. The van der Waals surface area contributed by atoms with Gasteiger partial charge in [-0.1, -0.05) is 6.07 Å². The molecule has 0 spiro atoms. The molecule has 0 heterocycles. The Labute approximate surface area is 89.0 Å². The van der Waals surface area contributed by atoms with Crippen LogP contribution >= 0.6 is 12.2 Å². The molecule has 0 amide bonds. The van der Waals surface area contributed by atoms with Crippen molar-refractivity contribution in [2.45, 2.75) is 0 Å². The molecular weight excluding hydrogens is 198 g/mol. The van der Waals surface area contributed by atoms with Crippen LogP contribution in [-0.2, 0) is 0 Å². The second-order valence-electron chi connectivity index (χ2n) is 2.69. The number of nitrogens with two attached hydrogens (primary N) is 1. The summed E-state index contributed by atoms with van der Waals surface area (Å²) in [7, 11) is 5.13. The Balaban J connectivity index is 3.21. The average molecular weight is 212 g/mol. The minimum absolute atomic E-state index is 0.693. The van der Waals surface area contributed by atoms with Gasteiger partial charge in [0.1, 0.15) is 0 Å². The molecule has 76 valence electrons. The fourth-order valence-electron chi connectivity index (χ4n) is 1.24. The predicted molar refractivity (Wildman–Crippen MR) is 59.1 cm³/mol. The topological polar surface area (TPSA) is 35.1 Å². The summed E-state index contributed by atoms with van der Waals surface area (Å²) >= 11 is 5.19. The van der Waals surface area contributed by atoms with Gasteiger partial charge in [0.05, 0.1) is 26.8 Å². The molecule has 0 bridgehead atoms. The first-order chi connectivity index (χ1) is 6.74. The van der Waals surface area contributed by atoms with Gasteiger partial charge >= 0.3 is 0 Å². The minimum atomic E-state index is 0.693. The largest absolute Gasteiger partial charge is 0.493 e. The average Bonchev–Trinajstić information content (AvgIpc) is 2.26. The van der Waals surface area contributed by atoms with E-state index in [1.807, 2.05) is 30.6 Å². The van der Waals surface area contributed by atoms with Crippen molar-refractivity contribution >= 4 is 17.2 Å². The summed E-state index contributed by atoms with van der Waals surface area (Å²) in [5, 5.41) is 1.87. The molecule has 14 heavy (non-hydrogen) atoms. The lowest BCUT2D eigenvalue weighted by Gasteiger charge is -2.10. The molecule has 0 aliphatic heterocycles. The number of hydrogen-bond acceptors (Lipinski definition) is 3. The Bertz CT molecular complexity index is 339. The second-order valence-corrected chi connectivity index (χ2v) is 3.13. The summed E-state index contributed by atoms with van der Waals surface area (Å²) in [5.74, 6) is 1.40. The van der Waals surface area contributed by atoms with Gasteiger partial charge in [0.15, 0.2) is 11.5 Å². The van der Waals surface area contributed by atoms with Crippen LogP contribution < -0.4 is 14.8 Å². The van der Waals surface area contributed by atoms with E-state index in [1.54, 1.807) is 14.2 Å². The molecule has 2 N–H and O–H groups in total. The van der Waals surface area contributed by atoms with Crippen LogP contribution in [-0.4, -0.2) is 26.3 Å². The van der Waals surface area contributed by atoms with Gasteiger partial charge in [-0.25, -0.2) is 0 Å². The Hall–Kier alpha value is -1.13. The van der Waals surface area contributed by atoms with Crippen molar-refractivity contribution in [3.05, 3.63) is 23.8 Å². The van der Waals surface area contributed by atoms with Crippen LogP contribution in [0.1, 0.15) is 5.56 Å². The molecule has 3 nitrogen and oxygen atoms in total. The number of rotatable bonds is 3. The van der Waals surface area contributed by atoms with Crippen molar-refractivity contribution in [3.8, 4) is 11.5 Å². The third-order valence-corrected chi connectivity index (χ3v) is 2.39. The van der Waals surface area contributed by atoms with E-state index >= 15 is 0 Å². The van der Waals surface area contributed by atoms with E-state index in [0.717, 1.165) is 10.6 Å². The van der Waals surface area contributed by atoms with Crippen LogP contribution in [0.5, 0.6) is 11.5 Å². The fraction of sp³-hybridized carbons (Fsp3) is 0.300. The second kappa shape index (κ2) is 4.93. The Morgan fingerprint density at radius 3 is 2.50 bits per heavy atom. The normalized spacial score (nSPS) is 9.64. The zero-order valence-corrected chi connectivity index (χ0v) is 9.35. The molecule has 0 atom stereocenters. The molecule has 1 aromatic rings. The SMILES string of the molecule is C[NH2+]C(=S)c1cccc(OC)c1OC. The van der Waals surface area contributed by atoms with E-state index in [9.17, 15) is 0 Å². The lowest BCUT2D eigenvalue weighted by molar-refractivity contribution is -0.501. The lowest BCUT2D eigenvalue weighted by Crippen LogP contribution is -2.83. The smallest absolute Gasteiger partial charge is 0.206 e. The van der Waals surface area contributed by atoms with Gasteiger partial charge in [0.2, 0.25) is 4.99 Å². The van der Waals surface area contributed by atoms with Gasteiger partial charge in [-0.05, 0) is 24.4 Å². The maximum absolute atomic E-state index is 5.26. The quantitative estimate of drug-likeness (QED) is 0.744. The summed E-state index contributed by atoms with van der Waals surface area (Å²) < 4.78 is 10.4. The summed E-state index contributed by atoms with van der Waals surface area (Å²) in [6, 6.07) is 5.66. The van der Waals surface area contributed by atoms with Crippen molar-refractivity contribution in [1.82, 2.24) is 0 Å². The Kier molecular flexibility index (Phi) is 3.85. The van der Waals surface area contributed by atoms with Crippen LogP contribution in [0.2, 0.25) is 0 Å². The number of ether oxygens (including phenoxy) is 2. The van der Waals surface area contributed by atoms with Gasteiger partial charge in [-0.15, -0.1) is 0 Å². The zero-order chi connectivity index (χ0) is 10.6. The number of benzene rings is 1. The molecule has 1 rings (SSSR count). The van der Waals surface area contributed by atoms with Gasteiger partial charge in [-0.3, -0.25) is 0 Å². The maximum Gasteiger partial charge on any atom is 0.206 e. The summed E-state index contributed by atoms with van der Waals surface area (Å²) in [6.45, 7) is 0. The molecule has 0 unspecified atom stereocenters. The first-order valence-corrected chi connectivity index (χ1v) is 4.70. The third-order valence-electron chi connectivity index (χ3n) is 1.93. The number of quaternary nitrogens is 1. The zero-order valence-electron chi connectivity index (χ0n) is 8.53. The molecule has 0 aromatic heterocycles. The van der Waals surface area contributed by atoms with Crippen LogP contribution in [0.3, 0.4) is 0 Å². The highest BCUT2D eigenvalue weighted by Crippen LogP contribution is 2.30. The number of thiocarbonyl (C=S) groups is 1. The molecule has 0 saturated heterocycles. The van der Waals surface area contributed by atoms with E-state index < -0.39 is 0 Å². The molecular formula is C10H14NO2S+. The van der Waals surface area contributed by atoms with E-state index in [2.05, 4.69) is 0 Å². The number of hydrogen-bond donors (Lipinski definition) is 1. The van der Waals surface area contributed by atoms with Gasteiger partial charge in [0.25, 0.3) is 0 Å². The van der Waals surface area contributed by atoms with E-state index in [-0.39, 0.29) is 0 Å². The monoisotopic (exact) mass is 212 g/mol. The maximum atomic E-state index is 5.26. The summed E-state index contributed by atoms with van der Waals surface area (Å²) in [4.78, 5) is 0.765. The van der Waals surface area contributed by atoms with Crippen LogP contribution in [0.4, 0.5) is 0 Å². The van der Waals surface area contributed by atoms with Crippen LogP contribution in [0.25, 0.3) is 0 Å². The highest BCUT2D eigenvalue weighted by Gasteiger charge is 2.14. The minimum Gasteiger partial charge on any atom is -0.493 e. The van der Waals surface area contributed by atoms with Crippen molar-refractivity contribution in [1.29, 1.82) is 0 Å². The fourth-order valence-corrected chi connectivity index (χ4v) is 1.40. The van der Waals surface area contributed by atoms with Crippen molar-refractivity contribution < 1.29 is 14.8 Å². The molecule has 0 aliphatic rings. The lowest BCUT2D eigenvalue weighted by atomic mass is 10.2. The predicted octanol–water partition coefficient (Wildman–Crippen LogP) is 0.572. The molecule has 0 fully saturated rings. The van der Waals surface area contributed by atoms with E-state index in [1.165, 1.54) is 0 Å². The Morgan fingerprint density at radius 2 is 2.00 bits per heavy atom. The van der Waals surface area contributed by atoms with Gasteiger partial charge in [0, 0.05) is 0 Å². The van der Waals surface area contributed by atoms with E-state index in [0.29, 0.717) is 11.5 Å². The van der Waals surface area contributed by atoms with Crippen molar-refractivity contribution in [3.63, 3.8) is 0 Å². The standard InChI is InChI=1S/C10H13NO2S/c1-11-10(14)7-5-4-6-8(12-2)9(7)13-3/h4-6H,1-3H3,(H,11,14)/p+1. The van der Waals surface area contributed by atoms with Crippen LogP contribution in [0, 0.1) is 0 Å². The van der Waals surface area contributed by atoms with E-state index in [4.69, 9.17) is 21.7 Å². The van der Waals surface area contributed by atoms with Crippen molar-refractivity contribution in [2.75, 3.05) is 21.3 Å². The Morgan fingerprint density at radius 1 is 1.29 bits per heavy atom. The van der Waals surface area contributed by atoms with Crippen LogP contribution in [0.15, 0.2) is 18.2 Å².